The highest BCUT2D eigenvalue weighted by molar-refractivity contribution is 5.25. The molecular formula is C15H24N2O. The Bertz CT molecular complexity index is 377. The summed E-state index contributed by atoms with van der Waals surface area (Å²) in [5.74, 6) is 0. The zero-order chi connectivity index (χ0) is 13.4. The summed E-state index contributed by atoms with van der Waals surface area (Å²) >= 11 is 0. The lowest BCUT2D eigenvalue weighted by atomic mass is 10.0. The SMILES string of the molecule is C=C(C)COCCNC(CN)c1cccc(C)c1. The van der Waals surface area contributed by atoms with E-state index in [1.165, 1.54) is 11.1 Å². The van der Waals surface area contributed by atoms with E-state index in [4.69, 9.17) is 10.5 Å². The van der Waals surface area contributed by atoms with Crippen LogP contribution >= 0.6 is 0 Å². The van der Waals surface area contributed by atoms with Crippen molar-refractivity contribution >= 4 is 0 Å². The van der Waals surface area contributed by atoms with Crippen LogP contribution in [0.3, 0.4) is 0 Å². The molecule has 0 aliphatic rings. The Balaban J connectivity index is 2.36. The highest BCUT2D eigenvalue weighted by atomic mass is 16.5. The molecule has 1 aromatic carbocycles. The zero-order valence-electron chi connectivity index (χ0n) is 11.4. The van der Waals surface area contributed by atoms with Crippen molar-refractivity contribution in [2.24, 2.45) is 5.73 Å². The molecule has 0 bridgehead atoms. The van der Waals surface area contributed by atoms with Gasteiger partial charge in [-0.05, 0) is 19.4 Å². The van der Waals surface area contributed by atoms with Gasteiger partial charge in [-0.1, -0.05) is 42.0 Å². The molecule has 0 saturated carbocycles. The summed E-state index contributed by atoms with van der Waals surface area (Å²) in [5, 5.41) is 3.41. The van der Waals surface area contributed by atoms with Gasteiger partial charge >= 0.3 is 0 Å². The fourth-order valence-electron chi connectivity index (χ4n) is 1.78. The second-order valence-corrected chi connectivity index (χ2v) is 4.67. The molecule has 0 aliphatic heterocycles. The molecule has 18 heavy (non-hydrogen) atoms. The first-order valence-corrected chi connectivity index (χ1v) is 6.35. The Morgan fingerprint density at radius 2 is 2.28 bits per heavy atom. The highest BCUT2D eigenvalue weighted by Crippen LogP contribution is 2.12. The number of aryl methyl sites for hydroxylation is 1. The number of nitrogens with two attached hydrogens (primary N) is 1. The van der Waals surface area contributed by atoms with E-state index in [-0.39, 0.29) is 6.04 Å². The molecule has 1 atom stereocenters. The molecule has 0 saturated heterocycles. The van der Waals surface area contributed by atoms with Crippen molar-refractivity contribution in [3.05, 3.63) is 47.5 Å². The van der Waals surface area contributed by atoms with E-state index in [1.807, 2.05) is 6.92 Å². The molecule has 1 rings (SSSR count). The van der Waals surface area contributed by atoms with Crippen molar-refractivity contribution in [3.8, 4) is 0 Å². The lowest BCUT2D eigenvalue weighted by molar-refractivity contribution is 0.155. The topological polar surface area (TPSA) is 47.3 Å². The fourth-order valence-corrected chi connectivity index (χ4v) is 1.78. The maximum atomic E-state index is 5.80. The van der Waals surface area contributed by atoms with Gasteiger partial charge in [0, 0.05) is 19.1 Å². The molecule has 0 amide bonds. The minimum atomic E-state index is 0.193. The molecule has 0 heterocycles. The van der Waals surface area contributed by atoms with E-state index in [2.05, 4.69) is 43.1 Å². The van der Waals surface area contributed by atoms with Crippen molar-refractivity contribution < 1.29 is 4.74 Å². The molecule has 3 nitrogen and oxygen atoms in total. The van der Waals surface area contributed by atoms with Crippen LogP contribution in [-0.2, 0) is 4.74 Å². The zero-order valence-corrected chi connectivity index (χ0v) is 11.4. The monoisotopic (exact) mass is 248 g/mol. The van der Waals surface area contributed by atoms with Gasteiger partial charge in [-0.25, -0.2) is 0 Å². The number of nitrogens with one attached hydrogen (secondary N) is 1. The van der Waals surface area contributed by atoms with Crippen LogP contribution in [0.2, 0.25) is 0 Å². The predicted molar refractivity (Wildman–Crippen MR) is 76.6 cm³/mol. The first kappa shape index (κ1) is 14.9. The smallest absolute Gasteiger partial charge is 0.0672 e. The Morgan fingerprint density at radius 3 is 2.89 bits per heavy atom. The van der Waals surface area contributed by atoms with Crippen LogP contribution < -0.4 is 11.1 Å². The standard InChI is InChI=1S/C15H24N2O/c1-12(2)11-18-8-7-17-15(10-16)14-6-4-5-13(3)9-14/h4-6,9,15,17H,1,7-8,10-11,16H2,2-3H3. The van der Waals surface area contributed by atoms with E-state index >= 15 is 0 Å². The van der Waals surface area contributed by atoms with Crippen molar-refractivity contribution in [1.29, 1.82) is 0 Å². The van der Waals surface area contributed by atoms with Crippen LogP contribution in [0.15, 0.2) is 36.4 Å². The van der Waals surface area contributed by atoms with Crippen molar-refractivity contribution in [3.63, 3.8) is 0 Å². The molecule has 1 unspecified atom stereocenters. The summed E-state index contributed by atoms with van der Waals surface area (Å²) < 4.78 is 5.45. The summed E-state index contributed by atoms with van der Waals surface area (Å²) in [6.07, 6.45) is 0. The van der Waals surface area contributed by atoms with Crippen LogP contribution in [0.1, 0.15) is 24.1 Å². The summed E-state index contributed by atoms with van der Waals surface area (Å²) in [6, 6.07) is 8.61. The average molecular weight is 248 g/mol. The third-order valence-corrected chi connectivity index (χ3v) is 2.67. The highest BCUT2D eigenvalue weighted by Gasteiger charge is 2.08. The van der Waals surface area contributed by atoms with Gasteiger partial charge in [0.05, 0.1) is 13.2 Å². The number of rotatable bonds is 8. The van der Waals surface area contributed by atoms with Gasteiger partial charge in [0.15, 0.2) is 0 Å². The minimum absolute atomic E-state index is 0.193. The molecule has 0 radical (unpaired) electrons. The van der Waals surface area contributed by atoms with E-state index in [9.17, 15) is 0 Å². The Hall–Kier alpha value is -1.16. The minimum Gasteiger partial charge on any atom is -0.376 e. The predicted octanol–water partition coefficient (Wildman–Crippen LogP) is 2.18. The summed E-state index contributed by atoms with van der Waals surface area (Å²) in [6.45, 7) is 10.5. The number of ether oxygens (including phenoxy) is 1. The van der Waals surface area contributed by atoms with Gasteiger partial charge in [-0.15, -0.1) is 0 Å². The third kappa shape index (κ3) is 5.45. The maximum Gasteiger partial charge on any atom is 0.0672 e. The molecule has 0 spiro atoms. The van der Waals surface area contributed by atoms with Gasteiger partial charge in [0.2, 0.25) is 0 Å². The molecule has 100 valence electrons. The first-order chi connectivity index (χ1) is 8.63. The number of hydrogen-bond donors (Lipinski definition) is 2. The molecule has 0 fully saturated rings. The van der Waals surface area contributed by atoms with Gasteiger partial charge in [-0.3, -0.25) is 0 Å². The molecule has 3 heteroatoms. The van der Waals surface area contributed by atoms with E-state index < -0.39 is 0 Å². The molecular weight excluding hydrogens is 224 g/mol. The number of benzene rings is 1. The Labute approximate surface area is 110 Å². The van der Waals surface area contributed by atoms with E-state index in [1.54, 1.807) is 0 Å². The normalized spacial score (nSPS) is 12.4. The second kappa shape index (κ2) is 8.03. The van der Waals surface area contributed by atoms with E-state index in [0.717, 1.165) is 12.1 Å². The maximum absolute atomic E-state index is 5.80. The fraction of sp³-hybridized carbons (Fsp3) is 0.467. The average Bonchev–Trinajstić information content (AvgIpc) is 2.33. The molecule has 0 aromatic heterocycles. The third-order valence-electron chi connectivity index (χ3n) is 2.67. The van der Waals surface area contributed by atoms with Crippen LogP contribution in [0, 0.1) is 6.92 Å². The largest absolute Gasteiger partial charge is 0.376 e. The molecule has 1 aromatic rings. The van der Waals surface area contributed by atoms with Gasteiger partial charge in [0.25, 0.3) is 0 Å². The summed E-state index contributed by atoms with van der Waals surface area (Å²) in [7, 11) is 0. The quantitative estimate of drug-likeness (QED) is 0.547. The molecule has 0 aliphatic carbocycles. The van der Waals surface area contributed by atoms with Crippen molar-refractivity contribution in [1.82, 2.24) is 5.32 Å². The Morgan fingerprint density at radius 1 is 1.50 bits per heavy atom. The van der Waals surface area contributed by atoms with Crippen LogP contribution in [0.25, 0.3) is 0 Å². The van der Waals surface area contributed by atoms with E-state index in [0.29, 0.717) is 19.8 Å². The van der Waals surface area contributed by atoms with Crippen molar-refractivity contribution in [2.45, 2.75) is 19.9 Å². The van der Waals surface area contributed by atoms with Crippen LogP contribution in [0.4, 0.5) is 0 Å². The van der Waals surface area contributed by atoms with Gasteiger partial charge < -0.3 is 15.8 Å². The second-order valence-electron chi connectivity index (χ2n) is 4.67. The van der Waals surface area contributed by atoms with Crippen molar-refractivity contribution in [2.75, 3.05) is 26.3 Å². The first-order valence-electron chi connectivity index (χ1n) is 6.35. The Kier molecular flexibility index (Phi) is 6.65. The molecule has 3 N–H and O–H groups in total. The summed E-state index contributed by atoms with van der Waals surface area (Å²) in [4.78, 5) is 0. The van der Waals surface area contributed by atoms with Gasteiger partial charge in [-0.2, -0.15) is 0 Å². The summed E-state index contributed by atoms with van der Waals surface area (Å²) in [5.41, 5.74) is 9.34. The van der Waals surface area contributed by atoms with Gasteiger partial charge in [0.1, 0.15) is 0 Å². The lowest BCUT2D eigenvalue weighted by Gasteiger charge is -2.17. The van der Waals surface area contributed by atoms with Crippen LogP contribution in [0.5, 0.6) is 0 Å². The lowest BCUT2D eigenvalue weighted by Crippen LogP contribution is -2.31. The number of hydrogen-bond acceptors (Lipinski definition) is 3. The van der Waals surface area contributed by atoms with Crippen LogP contribution in [-0.4, -0.2) is 26.3 Å².